The zero-order valence-electron chi connectivity index (χ0n) is 9.00. The van der Waals surface area contributed by atoms with Gasteiger partial charge in [-0.2, -0.15) is 0 Å². The number of rotatable bonds is 2. The van der Waals surface area contributed by atoms with Gasteiger partial charge in [0.15, 0.2) is 0 Å². The highest BCUT2D eigenvalue weighted by Crippen LogP contribution is 2.25. The van der Waals surface area contributed by atoms with Crippen molar-refractivity contribution >= 4 is 18.0 Å². The van der Waals surface area contributed by atoms with Gasteiger partial charge in [0.05, 0.1) is 20.1 Å². The van der Waals surface area contributed by atoms with Crippen molar-refractivity contribution in [3.05, 3.63) is 0 Å². The summed E-state index contributed by atoms with van der Waals surface area (Å²) in [7, 11) is 2.36. The molecule has 1 aliphatic heterocycles. The van der Waals surface area contributed by atoms with E-state index in [4.69, 9.17) is 5.11 Å². The van der Waals surface area contributed by atoms with Gasteiger partial charge < -0.3 is 14.6 Å². The molecule has 0 aromatic rings. The van der Waals surface area contributed by atoms with Gasteiger partial charge in [-0.15, -0.1) is 0 Å². The minimum atomic E-state index is -1.04. The topological polar surface area (TPSA) is 93.1 Å². The number of carboxylic acid groups (broad SMARTS) is 1. The molecule has 1 heterocycles. The average molecular weight is 231 g/mol. The van der Waals surface area contributed by atoms with Crippen molar-refractivity contribution < 1.29 is 29.0 Å². The Hall–Kier alpha value is -1.79. The molecule has 1 aliphatic rings. The van der Waals surface area contributed by atoms with E-state index in [-0.39, 0.29) is 13.0 Å². The van der Waals surface area contributed by atoms with Crippen LogP contribution in [0.5, 0.6) is 0 Å². The second-order valence-corrected chi connectivity index (χ2v) is 3.43. The van der Waals surface area contributed by atoms with Crippen LogP contribution in [0.1, 0.15) is 6.42 Å². The predicted molar refractivity (Wildman–Crippen MR) is 50.7 cm³/mol. The monoisotopic (exact) mass is 231 g/mol. The average Bonchev–Trinajstić information content (AvgIpc) is 2.71. The van der Waals surface area contributed by atoms with E-state index < -0.39 is 30.0 Å². The van der Waals surface area contributed by atoms with Crippen LogP contribution in [0.15, 0.2) is 0 Å². The number of esters is 1. The lowest BCUT2D eigenvalue weighted by molar-refractivity contribution is -0.145. The number of ether oxygens (including phenoxy) is 2. The second-order valence-electron chi connectivity index (χ2n) is 3.43. The fraction of sp³-hybridized carbons (Fsp3) is 0.667. The van der Waals surface area contributed by atoms with Gasteiger partial charge in [-0.05, 0) is 6.42 Å². The third-order valence-corrected chi connectivity index (χ3v) is 2.53. The summed E-state index contributed by atoms with van der Waals surface area (Å²) in [6, 6.07) is -0.876. The van der Waals surface area contributed by atoms with Gasteiger partial charge in [0.2, 0.25) is 0 Å². The van der Waals surface area contributed by atoms with Crippen molar-refractivity contribution in [1.82, 2.24) is 4.90 Å². The molecule has 0 aliphatic carbocycles. The van der Waals surface area contributed by atoms with Crippen molar-refractivity contribution in [3.63, 3.8) is 0 Å². The van der Waals surface area contributed by atoms with Crippen LogP contribution in [-0.2, 0) is 19.1 Å². The highest BCUT2D eigenvalue weighted by Gasteiger charge is 2.43. The maximum atomic E-state index is 11.3. The van der Waals surface area contributed by atoms with Crippen LogP contribution in [0, 0.1) is 5.92 Å². The number of hydrogen-bond donors (Lipinski definition) is 1. The third kappa shape index (κ3) is 2.23. The predicted octanol–water partition coefficient (Wildman–Crippen LogP) is -0.299. The number of methoxy groups -OCH3 is 2. The molecule has 1 rings (SSSR count). The maximum absolute atomic E-state index is 11.3. The van der Waals surface area contributed by atoms with Gasteiger partial charge in [0.1, 0.15) is 6.04 Å². The number of amides is 1. The van der Waals surface area contributed by atoms with E-state index in [1.165, 1.54) is 14.2 Å². The Morgan fingerprint density at radius 2 is 1.88 bits per heavy atom. The van der Waals surface area contributed by atoms with E-state index >= 15 is 0 Å². The Kier molecular flexibility index (Phi) is 3.70. The normalized spacial score (nSPS) is 24.0. The molecular weight excluding hydrogens is 218 g/mol. The lowest BCUT2D eigenvalue weighted by Gasteiger charge is -2.20. The summed E-state index contributed by atoms with van der Waals surface area (Å²) in [5, 5.41) is 8.83. The summed E-state index contributed by atoms with van der Waals surface area (Å²) in [6.45, 7) is -0.0399. The van der Waals surface area contributed by atoms with E-state index in [1.807, 2.05) is 0 Å². The number of nitrogens with zero attached hydrogens (tertiary/aromatic N) is 1. The summed E-state index contributed by atoms with van der Waals surface area (Å²) < 4.78 is 8.98. The molecule has 0 bridgehead atoms. The van der Waals surface area contributed by atoms with Crippen LogP contribution in [0.3, 0.4) is 0 Å². The minimum Gasteiger partial charge on any atom is -0.481 e. The van der Waals surface area contributed by atoms with Crippen LogP contribution in [0.4, 0.5) is 4.79 Å². The number of carbonyl (C=O) groups is 3. The molecular formula is C9H13NO6. The lowest BCUT2D eigenvalue weighted by Crippen LogP contribution is -2.41. The second kappa shape index (κ2) is 4.82. The Labute approximate surface area is 91.9 Å². The number of carbonyl (C=O) groups excluding carboxylic acids is 2. The molecule has 2 atom stereocenters. The first-order valence-corrected chi connectivity index (χ1v) is 4.66. The van der Waals surface area contributed by atoms with Gasteiger partial charge >= 0.3 is 18.0 Å². The highest BCUT2D eigenvalue weighted by atomic mass is 16.5. The molecule has 2 unspecified atom stereocenters. The molecule has 0 radical (unpaired) electrons. The van der Waals surface area contributed by atoms with Crippen molar-refractivity contribution in [1.29, 1.82) is 0 Å². The fourth-order valence-electron chi connectivity index (χ4n) is 1.69. The summed E-state index contributed by atoms with van der Waals surface area (Å²) in [6.07, 6.45) is -0.670. The number of likely N-dealkylation sites (tertiary alicyclic amines) is 1. The summed E-state index contributed by atoms with van der Waals surface area (Å²) in [4.78, 5) is 34.5. The number of carboxylic acids is 1. The van der Waals surface area contributed by atoms with E-state index in [1.54, 1.807) is 0 Å². The van der Waals surface area contributed by atoms with Gasteiger partial charge in [0, 0.05) is 6.54 Å². The van der Waals surface area contributed by atoms with E-state index in [2.05, 4.69) is 9.47 Å². The maximum Gasteiger partial charge on any atom is 0.410 e. The van der Waals surface area contributed by atoms with E-state index in [0.29, 0.717) is 0 Å². The van der Waals surface area contributed by atoms with E-state index in [9.17, 15) is 14.4 Å². The Morgan fingerprint density at radius 3 is 2.31 bits per heavy atom. The first-order chi connectivity index (χ1) is 7.51. The van der Waals surface area contributed by atoms with Crippen LogP contribution in [0.25, 0.3) is 0 Å². The van der Waals surface area contributed by atoms with Crippen LogP contribution in [0.2, 0.25) is 0 Å². The minimum absolute atomic E-state index is 0.0399. The number of hydrogen-bond acceptors (Lipinski definition) is 5. The van der Waals surface area contributed by atoms with Gasteiger partial charge in [-0.3, -0.25) is 9.69 Å². The molecule has 0 aromatic carbocycles. The summed E-state index contributed by atoms with van der Waals surface area (Å²) in [5.74, 6) is -2.43. The van der Waals surface area contributed by atoms with Crippen molar-refractivity contribution in [2.45, 2.75) is 12.5 Å². The molecule has 0 aromatic heterocycles. The van der Waals surface area contributed by atoms with Crippen LogP contribution >= 0.6 is 0 Å². The molecule has 1 saturated heterocycles. The van der Waals surface area contributed by atoms with Gasteiger partial charge in [-0.25, -0.2) is 9.59 Å². The molecule has 7 heteroatoms. The van der Waals surface area contributed by atoms with E-state index in [0.717, 1.165) is 4.90 Å². The van der Waals surface area contributed by atoms with Crippen LogP contribution < -0.4 is 0 Å². The van der Waals surface area contributed by atoms with Crippen molar-refractivity contribution in [2.75, 3.05) is 20.8 Å². The molecule has 16 heavy (non-hydrogen) atoms. The molecule has 1 fully saturated rings. The molecule has 90 valence electrons. The fourth-order valence-corrected chi connectivity index (χ4v) is 1.69. The zero-order chi connectivity index (χ0) is 12.3. The quantitative estimate of drug-likeness (QED) is 0.656. The first-order valence-electron chi connectivity index (χ1n) is 4.66. The molecule has 0 saturated carbocycles. The largest absolute Gasteiger partial charge is 0.481 e. The third-order valence-electron chi connectivity index (χ3n) is 2.53. The molecule has 1 amide bonds. The van der Waals surface area contributed by atoms with Crippen molar-refractivity contribution in [3.8, 4) is 0 Å². The Balaban J connectivity index is 2.83. The highest BCUT2D eigenvalue weighted by molar-refractivity contribution is 5.84. The Morgan fingerprint density at radius 1 is 1.25 bits per heavy atom. The smallest absolute Gasteiger partial charge is 0.410 e. The SMILES string of the molecule is COC(=O)C1CC(C(=O)O)CN1C(=O)OC. The molecule has 0 spiro atoms. The zero-order valence-corrected chi connectivity index (χ0v) is 9.00. The van der Waals surface area contributed by atoms with Gasteiger partial charge in [-0.1, -0.05) is 0 Å². The number of aliphatic carboxylic acids is 1. The van der Waals surface area contributed by atoms with Gasteiger partial charge in [0.25, 0.3) is 0 Å². The standard InChI is InChI=1S/C9H13NO6/c1-15-8(13)6-3-5(7(11)12)4-10(6)9(14)16-2/h5-6H,3-4H2,1-2H3,(H,11,12). The van der Waals surface area contributed by atoms with Crippen LogP contribution in [-0.4, -0.2) is 54.8 Å². The Bertz CT molecular complexity index is 291. The molecule has 7 nitrogen and oxygen atoms in total. The summed E-state index contributed by atoms with van der Waals surface area (Å²) in [5.41, 5.74) is 0. The first kappa shape index (κ1) is 12.3. The summed E-state index contributed by atoms with van der Waals surface area (Å²) >= 11 is 0. The van der Waals surface area contributed by atoms with Crippen molar-refractivity contribution in [2.24, 2.45) is 5.92 Å². The molecule has 1 N–H and O–H groups in total. The lowest BCUT2D eigenvalue weighted by atomic mass is 10.1.